The van der Waals surface area contributed by atoms with E-state index >= 15 is 0 Å². The lowest BCUT2D eigenvalue weighted by Crippen LogP contribution is -2.34. The van der Waals surface area contributed by atoms with Crippen molar-refractivity contribution in [2.45, 2.75) is 33.2 Å². The summed E-state index contributed by atoms with van der Waals surface area (Å²) in [5, 5.41) is 5.26. The molecular formula is C22H26N2O4. The summed E-state index contributed by atoms with van der Waals surface area (Å²) < 4.78 is 4.92. The van der Waals surface area contributed by atoms with Crippen molar-refractivity contribution in [2.24, 2.45) is 0 Å². The van der Waals surface area contributed by atoms with Crippen LogP contribution in [0, 0.1) is 6.92 Å². The van der Waals surface area contributed by atoms with Crippen LogP contribution in [-0.2, 0) is 20.7 Å². The van der Waals surface area contributed by atoms with Crippen molar-refractivity contribution in [3.63, 3.8) is 0 Å². The number of hydrogen-bond acceptors (Lipinski definition) is 4. The molecule has 0 spiro atoms. The van der Waals surface area contributed by atoms with Gasteiger partial charge in [0, 0.05) is 5.56 Å². The van der Waals surface area contributed by atoms with Gasteiger partial charge in [-0.2, -0.15) is 0 Å². The molecule has 2 aromatic carbocycles. The molecule has 0 aliphatic rings. The van der Waals surface area contributed by atoms with Crippen LogP contribution in [0.4, 0.5) is 0 Å². The van der Waals surface area contributed by atoms with Crippen LogP contribution in [0.2, 0.25) is 0 Å². The summed E-state index contributed by atoms with van der Waals surface area (Å²) in [6, 6.07) is 14.8. The molecule has 0 unspecified atom stereocenters. The van der Waals surface area contributed by atoms with Gasteiger partial charge in [-0.25, -0.2) is 0 Å². The van der Waals surface area contributed by atoms with E-state index in [0.29, 0.717) is 5.56 Å². The molecule has 0 saturated carbocycles. The zero-order valence-electron chi connectivity index (χ0n) is 16.5. The summed E-state index contributed by atoms with van der Waals surface area (Å²) in [4.78, 5) is 35.7. The number of hydrogen-bond donors (Lipinski definition) is 2. The van der Waals surface area contributed by atoms with Crippen LogP contribution in [0.25, 0.3) is 0 Å². The fraction of sp³-hybridized carbons (Fsp3) is 0.318. The van der Waals surface area contributed by atoms with Gasteiger partial charge in [-0.15, -0.1) is 0 Å². The molecule has 0 heterocycles. The first kappa shape index (κ1) is 21.2. The van der Waals surface area contributed by atoms with Crippen LogP contribution in [0.5, 0.6) is 0 Å². The number of benzene rings is 2. The third-order valence-corrected chi connectivity index (χ3v) is 4.30. The summed E-state index contributed by atoms with van der Waals surface area (Å²) in [6.45, 7) is 5.13. The Morgan fingerprint density at radius 2 is 1.79 bits per heavy atom. The molecule has 6 nitrogen and oxygen atoms in total. The predicted octanol–water partition coefficient (Wildman–Crippen LogP) is 2.71. The Hall–Kier alpha value is -3.15. The van der Waals surface area contributed by atoms with E-state index in [1.54, 1.807) is 18.2 Å². The molecule has 0 aliphatic heterocycles. The van der Waals surface area contributed by atoms with E-state index in [2.05, 4.69) is 17.6 Å². The summed E-state index contributed by atoms with van der Waals surface area (Å²) >= 11 is 0. The topological polar surface area (TPSA) is 84.5 Å². The van der Waals surface area contributed by atoms with Gasteiger partial charge in [-0.1, -0.05) is 48.9 Å². The minimum absolute atomic E-state index is 0.196. The number of rotatable bonds is 8. The molecule has 0 aromatic heterocycles. The Bertz CT molecular complexity index is 831. The fourth-order valence-electron chi connectivity index (χ4n) is 2.65. The maximum atomic E-state index is 12.0. The third-order valence-electron chi connectivity index (χ3n) is 4.30. The van der Waals surface area contributed by atoms with Gasteiger partial charge >= 0.3 is 5.97 Å². The summed E-state index contributed by atoms with van der Waals surface area (Å²) in [6.07, 6.45) is 0.956. The van der Waals surface area contributed by atoms with Gasteiger partial charge in [-0.3, -0.25) is 14.4 Å². The molecule has 6 heteroatoms. The van der Waals surface area contributed by atoms with Gasteiger partial charge in [0.1, 0.15) is 6.54 Å². The molecule has 0 radical (unpaired) electrons. The van der Waals surface area contributed by atoms with E-state index in [1.165, 1.54) is 5.56 Å². The zero-order chi connectivity index (χ0) is 20.5. The molecule has 0 aliphatic carbocycles. The molecule has 0 fully saturated rings. The van der Waals surface area contributed by atoms with Crippen molar-refractivity contribution < 1.29 is 19.1 Å². The number of carbonyl (C=O) groups is 3. The number of ether oxygens (including phenoxy) is 1. The Morgan fingerprint density at radius 3 is 2.43 bits per heavy atom. The van der Waals surface area contributed by atoms with Crippen LogP contribution in [0.15, 0.2) is 48.5 Å². The first-order valence-electron chi connectivity index (χ1n) is 9.27. The lowest BCUT2D eigenvalue weighted by atomic mass is 10.1. The first-order chi connectivity index (χ1) is 13.4. The van der Waals surface area contributed by atoms with Crippen molar-refractivity contribution >= 4 is 17.8 Å². The Morgan fingerprint density at radius 1 is 1.07 bits per heavy atom. The highest BCUT2D eigenvalue weighted by molar-refractivity contribution is 5.96. The van der Waals surface area contributed by atoms with Crippen LogP contribution in [0.1, 0.15) is 46.9 Å². The van der Waals surface area contributed by atoms with Gasteiger partial charge in [0.25, 0.3) is 11.8 Å². The predicted molar refractivity (Wildman–Crippen MR) is 107 cm³/mol. The highest BCUT2D eigenvalue weighted by Crippen LogP contribution is 2.13. The van der Waals surface area contributed by atoms with Crippen molar-refractivity contribution in [2.75, 3.05) is 13.2 Å². The standard InChI is InChI=1S/C22H26N2O4/c1-4-17-8-10-18(11-9-17)16(3)24-20(25)14-28-21(26)13-23-22(27)19-7-5-6-15(2)12-19/h5-12,16H,4,13-14H2,1-3H3,(H,23,27)(H,24,25)/t16-/m1/s1. The quantitative estimate of drug-likeness (QED) is 0.688. The van der Waals surface area contributed by atoms with E-state index < -0.39 is 18.5 Å². The molecule has 2 N–H and O–H groups in total. The summed E-state index contributed by atoms with van der Waals surface area (Å²) in [5.74, 6) is -1.43. The van der Waals surface area contributed by atoms with E-state index in [-0.39, 0.29) is 18.5 Å². The summed E-state index contributed by atoms with van der Waals surface area (Å²) in [5.41, 5.74) is 3.62. The minimum atomic E-state index is -0.670. The molecule has 2 amide bonds. The first-order valence-corrected chi connectivity index (χ1v) is 9.27. The Labute approximate surface area is 165 Å². The third kappa shape index (κ3) is 6.54. The van der Waals surface area contributed by atoms with Crippen LogP contribution in [-0.4, -0.2) is 30.9 Å². The lowest BCUT2D eigenvalue weighted by Gasteiger charge is -2.15. The largest absolute Gasteiger partial charge is 0.454 e. The van der Waals surface area contributed by atoms with E-state index in [0.717, 1.165) is 17.5 Å². The SMILES string of the molecule is CCc1ccc([C@@H](C)NC(=O)COC(=O)CNC(=O)c2cccc(C)c2)cc1. The maximum absolute atomic E-state index is 12.0. The summed E-state index contributed by atoms with van der Waals surface area (Å²) in [7, 11) is 0. The fourth-order valence-corrected chi connectivity index (χ4v) is 2.65. The maximum Gasteiger partial charge on any atom is 0.325 e. The Kier molecular flexibility index (Phi) is 7.75. The molecule has 2 rings (SSSR count). The van der Waals surface area contributed by atoms with Crippen LogP contribution >= 0.6 is 0 Å². The average molecular weight is 382 g/mol. The molecule has 28 heavy (non-hydrogen) atoms. The number of esters is 1. The van der Waals surface area contributed by atoms with Gasteiger partial charge in [0.05, 0.1) is 6.04 Å². The molecule has 0 saturated heterocycles. The van der Waals surface area contributed by atoms with Crippen molar-refractivity contribution in [3.05, 3.63) is 70.8 Å². The molecule has 148 valence electrons. The number of carbonyl (C=O) groups excluding carboxylic acids is 3. The molecule has 1 atom stereocenters. The smallest absolute Gasteiger partial charge is 0.325 e. The monoisotopic (exact) mass is 382 g/mol. The van der Waals surface area contributed by atoms with Crippen LogP contribution in [0.3, 0.4) is 0 Å². The van der Waals surface area contributed by atoms with E-state index in [4.69, 9.17) is 4.74 Å². The number of nitrogens with one attached hydrogen (secondary N) is 2. The van der Waals surface area contributed by atoms with Crippen molar-refractivity contribution in [1.82, 2.24) is 10.6 Å². The molecular weight excluding hydrogens is 356 g/mol. The lowest BCUT2D eigenvalue weighted by molar-refractivity contribution is -0.147. The van der Waals surface area contributed by atoms with Crippen molar-refractivity contribution in [3.8, 4) is 0 Å². The van der Waals surface area contributed by atoms with E-state index in [1.807, 2.05) is 44.2 Å². The van der Waals surface area contributed by atoms with Crippen molar-refractivity contribution in [1.29, 1.82) is 0 Å². The van der Waals surface area contributed by atoms with Gasteiger partial charge in [0.2, 0.25) is 0 Å². The number of amides is 2. The molecule has 0 bridgehead atoms. The van der Waals surface area contributed by atoms with Gasteiger partial charge in [-0.05, 0) is 43.5 Å². The van der Waals surface area contributed by atoms with Gasteiger partial charge < -0.3 is 15.4 Å². The second-order valence-corrected chi connectivity index (χ2v) is 6.60. The number of aryl methyl sites for hydroxylation is 2. The normalized spacial score (nSPS) is 11.4. The Balaban J connectivity index is 1.72. The second-order valence-electron chi connectivity index (χ2n) is 6.60. The van der Waals surface area contributed by atoms with Gasteiger partial charge in [0.15, 0.2) is 6.61 Å². The highest BCUT2D eigenvalue weighted by Gasteiger charge is 2.13. The molecule has 2 aromatic rings. The van der Waals surface area contributed by atoms with E-state index in [9.17, 15) is 14.4 Å². The zero-order valence-corrected chi connectivity index (χ0v) is 16.5. The second kappa shape index (κ2) is 10.3. The average Bonchev–Trinajstić information content (AvgIpc) is 2.70. The van der Waals surface area contributed by atoms with Crippen LogP contribution < -0.4 is 10.6 Å². The minimum Gasteiger partial charge on any atom is -0.454 e. The highest BCUT2D eigenvalue weighted by atomic mass is 16.5.